The normalized spacial score (nSPS) is 20.1. The van der Waals surface area contributed by atoms with Crippen LogP contribution < -0.4 is 4.90 Å². The van der Waals surface area contributed by atoms with Gasteiger partial charge in [0.1, 0.15) is 5.25 Å². The first kappa shape index (κ1) is 14.8. The molecule has 1 atom stereocenters. The number of amides is 1. The number of rotatable bonds is 3. The van der Waals surface area contributed by atoms with Crippen LogP contribution in [0.5, 0.6) is 0 Å². The first-order chi connectivity index (χ1) is 8.82. The molecule has 1 aliphatic rings. The maximum absolute atomic E-state index is 11.9. The number of hydrogen-bond donors (Lipinski definition) is 0. The highest BCUT2D eigenvalue weighted by atomic mass is 79.9. The van der Waals surface area contributed by atoms with E-state index in [4.69, 9.17) is 10.7 Å². The molecule has 0 aliphatic carbocycles. The van der Waals surface area contributed by atoms with Gasteiger partial charge in [-0.25, -0.2) is 8.42 Å². The lowest BCUT2D eigenvalue weighted by Crippen LogP contribution is -2.27. The quantitative estimate of drug-likeness (QED) is 0.773. The van der Waals surface area contributed by atoms with Gasteiger partial charge in [-0.1, -0.05) is 13.0 Å². The summed E-state index contributed by atoms with van der Waals surface area (Å²) in [4.78, 5) is 13.4. The number of hydrogen-bond acceptors (Lipinski definition) is 3. The lowest BCUT2D eigenvalue weighted by atomic mass is 10.1. The molecule has 1 aliphatic heterocycles. The van der Waals surface area contributed by atoms with Crippen molar-refractivity contribution >= 4 is 47.3 Å². The second-order valence-corrected chi connectivity index (χ2v) is 8.21. The number of halogens is 2. The molecule has 1 amide bonds. The van der Waals surface area contributed by atoms with E-state index in [1.807, 2.05) is 25.1 Å². The number of nitrogens with zero attached hydrogens (tertiary/aromatic N) is 1. The Balaban J connectivity index is 2.31. The van der Waals surface area contributed by atoms with Crippen LogP contribution >= 0.6 is 26.6 Å². The molecule has 0 saturated carbocycles. The minimum Gasteiger partial charge on any atom is -0.310 e. The van der Waals surface area contributed by atoms with Crippen molar-refractivity contribution in [3.8, 4) is 0 Å². The average molecular weight is 367 g/mol. The van der Waals surface area contributed by atoms with Crippen molar-refractivity contribution in [2.75, 3.05) is 11.4 Å². The maximum atomic E-state index is 11.9. The second-order valence-electron chi connectivity index (χ2n) is 4.45. The van der Waals surface area contributed by atoms with E-state index in [9.17, 15) is 13.2 Å². The molecule has 1 aromatic rings. The average Bonchev–Trinajstić information content (AvgIpc) is 2.71. The lowest BCUT2D eigenvalue weighted by Gasteiger charge is -2.18. The Hall–Kier alpha value is -0.590. The van der Waals surface area contributed by atoms with Crippen LogP contribution in [0.15, 0.2) is 22.7 Å². The third kappa shape index (κ3) is 3.12. The van der Waals surface area contributed by atoms with Crippen molar-refractivity contribution in [2.24, 2.45) is 0 Å². The van der Waals surface area contributed by atoms with E-state index in [0.29, 0.717) is 5.69 Å². The van der Waals surface area contributed by atoms with Gasteiger partial charge in [0, 0.05) is 28.1 Å². The zero-order valence-electron chi connectivity index (χ0n) is 10.3. The van der Waals surface area contributed by atoms with Gasteiger partial charge < -0.3 is 4.90 Å². The highest BCUT2D eigenvalue weighted by Gasteiger charge is 2.38. The number of aryl methyl sites for hydroxylation is 1. The SMILES string of the molecule is CCc1ccc(N2CC(S(=O)(=O)Cl)CC2=O)c(Br)c1. The summed E-state index contributed by atoms with van der Waals surface area (Å²) >= 11 is 3.42. The summed E-state index contributed by atoms with van der Waals surface area (Å²) in [6.45, 7) is 2.15. The van der Waals surface area contributed by atoms with Crippen LogP contribution in [0.4, 0.5) is 5.69 Å². The van der Waals surface area contributed by atoms with Gasteiger partial charge >= 0.3 is 0 Å². The molecule has 1 unspecified atom stereocenters. The zero-order chi connectivity index (χ0) is 14.2. The molecule has 4 nitrogen and oxygen atoms in total. The molecule has 1 fully saturated rings. The number of benzene rings is 1. The molecular weight excluding hydrogens is 354 g/mol. The highest BCUT2D eigenvalue weighted by molar-refractivity contribution is 9.10. The smallest absolute Gasteiger partial charge is 0.237 e. The van der Waals surface area contributed by atoms with Gasteiger partial charge in [-0.05, 0) is 40.0 Å². The summed E-state index contributed by atoms with van der Waals surface area (Å²) in [5.74, 6) is -0.223. The summed E-state index contributed by atoms with van der Waals surface area (Å²) in [5.41, 5.74) is 1.83. The minimum absolute atomic E-state index is 0.0617. The minimum atomic E-state index is -3.71. The van der Waals surface area contributed by atoms with Crippen LogP contribution in [0.2, 0.25) is 0 Å². The Morgan fingerprint density at radius 2 is 2.16 bits per heavy atom. The molecule has 0 spiro atoms. The molecule has 2 rings (SSSR count). The fourth-order valence-corrected chi connectivity index (χ4v) is 3.75. The fraction of sp³-hybridized carbons (Fsp3) is 0.417. The Kier molecular flexibility index (Phi) is 4.23. The van der Waals surface area contributed by atoms with Crippen molar-refractivity contribution in [1.82, 2.24) is 0 Å². The van der Waals surface area contributed by atoms with Crippen LogP contribution in [0.1, 0.15) is 18.9 Å². The molecule has 1 aromatic carbocycles. The van der Waals surface area contributed by atoms with Crippen LogP contribution in [-0.4, -0.2) is 26.1 Å². The van der Waals surface area contributed by atoms with Gasteiger partial charge in [-0.3, -0.25) is 4.79 Å². The summed E-state index contributed by atoms with van der Waals surface area (Å²) in [6, 6.07) is 5.69. The Bertz CT molecular complexity index is 617. The van der Waals surface area contributed by atoms with Gasteiger partial charge in [0.25, 0.3) is 0 Å². The van der Waals surface area contributed by atoms with Crippen molar-refractivity contribution in [3.63, 3.8) is 0 Å². The monoisotopic (exact) mass is 365 g/mol. The van der Waals surface area contributed by atoms with Gasteiger partial charge in [0.2, 0.25) is 15.0 Å². The largest absolute Gasteiger partial charge is 0.310 e. The molecule has 104 valence electrons. The Morgan fingerprint density at radius 1 is 1.47 bits per heavy atom. The Morgan fingerprint density at radius 3 is 2.63 bits per heavy atom. The molecule has 0 N–H and O–H groups in total. The topological polar surface area (TPSA) is 54.5 Å². The summed E-state index contributed by atoms with van der Waals surface area (Å²) in [7, 11) is 1.62. The standard InChI is InChI=1S/C12H13BrClNO3S/c1-2-8-3-4-11(10(13)5-8)15-7-9(6-12(15)16)19(14,17)18/h3-5,9H,2,6-7H2,1H3. The molecule has 0 aromatic heterocycles. The van der Waals surface area contributed by atoms with E-state index in [1.54, 1.807) is 0 Å². The predicted octanol–water partition coefficient (Wildman–Crippen LogP) is 2.69. The summed E-state index contributed by atoms with van der Waals surface area (Å²) < 4.78 is 23.4. The first-order valence-corrected chi connectivity index (χ1v) is 9.01. The molecule has 19 heavy (non-hydrogen) atoms. The molecular formula is C12H13BrClNO3S. The summed E-state index contributed by atoms with van der Waals surface area (Å²) in [5, 5.41) is -0.834. The number of carbonyl (C=O) groups excluding carboxylic acids is 1. The van der Waals surface area contributed by atoms with E-state index >= 15 is 0 Å². The van der Waals surface area contributed by atoms with Crippen LogP contribution in [0, 0.1) is 0 Å². The molecule has 1 heterocycles. The highest BCUT2D eigenvalue weighted by Crippen LogP contribution is 2.32. The first-order valence-electron chi connectivity index (χ1n) is 5.85. The summed E-state index contributed by atoms with van der Waals surface area (Å²) in [6.07, 6.45) is 0.833. The molecule has 1 saturated heterocycles. The van der Waals surface area contributed by atoms with E-state index in [-0.39, 0.29) is 18.9 Å². The predicted molar refractivity (Wildman–Crippen MR) is 79.1 cm³/mol. The van der Waals surface area contributed by atoms with E-state index < -0.39 is 14.3 Å². The molecule has 7 heteroatoms. The molecule has 0 bridgehead atoms. The Labute approximate surface area is 125 Å². The van der Waals surface area contributed by atoms with Crippen LogP contribution in [0.3, 0.4) is 0 Å². The second kappa shape index (κ2) is 5.42. The fourth-order valence-electron chi connectivity index (χ4n) is 2.09. The van der Waals surface area contributed by atoms with Crippen molar-refractivity contribution < 1.29 is 13.2 Å². The van der Waals surface area contributed by atoms with Crippen LogP contribution in [0.25, 0.3) is 0 Å². The van der Waals surface area contributed by atoms with Gasteiger partial charge in [-0.2, -0.15) is 0 Å². The zero-order valence-corrected chi connectivity index (χ0v) is 13.4. The van der Waals surface area contributed by atoms with E-state index in [1.165, 1.54) is 4.90 Å². The van der Waals surface area contributed by atoms with Crippen molar-refractivity contribution in [2.45, 2.75) is 25.0 Å². The van der Waals surface area contributed by atoms with E-state index in [2.05, 4.69) is 15.9 Å². The van der Waals surface area contributed by atoms with Gasteiger partial charge in [0.15, 0.2) is 0 Å². The maximum Gasteiger partial charge on any atom is 0.237 e. The van der Waals surface area contributed by atoms with Gasteiger partial charge in [-0.15, -0.1) is 0 Å². The van der Waals surface area contributed by atoms with Crippen LogP contribution in [-0.2, 0) is 20.3 Å². The van der Waals surface area contributed by atoms with E-state index in [0.717, 1.165) is 16.5 Å². The van der Waals surface area contributed by atoms with Crippen molar-refractivity contribution in [3.05, 3.63) is 28.2 Å². The van der Waals surface area contributed by atoms with Gasteiger partial charge in [0.05, 0.1) is 5.69 Å². The third-order valence-corrected chi connectivity index (χ3v) is 5.70. The van der Waals surface area contributed by atoms with Crippen molar-refractivity contribution in [1.29, 1.82) is 0 Å². The molecule has 0 radical (unpaired) electrons. The number of anilines is 1. The lowest BCUT2D eigenvalue weighted by molar-refractivity contribution is -0.117. The number of carbonyl (C=O) groups is 1. The third-order valence-electron chi connectivity index (χ3n) is 3.20.